The highest BCUT2D eigenvalue weighted by atomic mass is 35.5. The molecule has 5 nitrogen and oxygen atoms in total. The van der Waals surface area contributed by atoms with E-state index in [-0.39, 0.29) is 28.6 Å². The van der Waals surface area contributed by atoms with Crippen LogP contribution >= 0.6 is 11.6 Å². The summed E-state index contributed by atoms with van der Waals surface area (Å²) in [5, 5.41) is 7.53. The summed E-state index contributed by atoms with van der Waals surface area (Å²) in [6.07, 6.45) is 4.74. The molecule has 1 amide bonds. The third-order valence-electron chi connectivity index (χ3n) is 5.07. The standard InChI is InChI=1S/C19H21ClFN3O2/c1-11-8-13(14(20)9-15(11)21)19(25)23-16-5-7-26-18(16)17-4-6-22-24(17)10-12-2-3-12/h4,6,8-9,12,16,18H,2-3,5,7,10H2,1H3,(H,23,25)/t16-,18-/m1/s1. The van der Waals surface area contributed by atoms with Gasteiger partial charge in [0, 0.05) is 19.3 Å². The number of nitrogens with zero attached hydrogens (tertiary/aromatic N) is 2. The molecule has 0 unspecified atom stereocenters. The second-order valence-corrected chi connectivity index (χ2v) is 7.53. The van der Waals surface area contributed by atoms with Gasteiger partial charge in [-0.2, -0.15) is 5.10 Å². The van der Waals surface area contributed by atoms with Crippen LogP contribution in [0.3, 0.4) is 0 Å². The Bertz CT molecular complexity index is 834. The van der Waals surface area contributed by atoms with Crippen LogP contribution in [0.4, 0.5) is 4.39 Å². The zero-order valence-corrected chi connectivity index (χ0v) is 15.3. The van der Waals surface area contributed by atoms with Gasteiger partial charge in [0.05, 0.1) is 22.3 Å². The van der Waals surface area contributed by atoms with Crippen molar-refractivity contribution in [3.05, 3.63) is 52.1 Å². The molecule has 1 saturated carbocycles. The Morgan fingerprint density at radius 3 is 3.00 bits per heavy atom. The number of carbonyl (C=O) groups excluding carboxylic acids is 1. The predicted octanol–water partition coefficient (Wildman–Crippen LogP) is 3.65. The molecule has 2 heterocycles. The molecule has 1 aliphatic heterocycles. The van der Waals surface area contributed by atoms with E-state index in [1.54, 1.807) is 13.1 Å². The number of amides is 1. The largest absolute Gasteiger partial charge is 0.370 e. The Balaban J connectivity index is 1.51. The third kappa shape index (κ3) is 3.48. The second-order valence-electron chi connectivity index (χ2n) is 7.12. The average molecular weight is 378 g/mol. The van der Waals surface area contributed by atoms with E-state index in [4.69, 9.17) is 16.3 Å². The summed E-state index contributed by atoms with van der Waals surface area (Å²) in [5.41, 5.74) is 1.66. The molecule has 1 aromatic carbocycles. The fourth-order valence-corrected chi connectivity index (χ4v) is 3.62. The first kappa shape index (κ1) is 17.5. The van der Waals surface area contributed by atoms with Crippen molar-refractivity contribution in [2.24, 2.45) is 5.92 Å². The lowest BCUT2D eigenvalue weighted by Gasteiger charge is -2.21. The number of hydrogen-bond acceptors (Lipinski definition) is 3. The highest BCUT2D eigenvalue weighted by molar-refractivity contribution is 6.33. The van der Waals surface area contributed by atoms with Crippen LogP contribution in [-0.2, 0) is 11.3 Å². The topological polar surface area (TPSA) is 56.1 Å². The van der Waals surface area contributed by atoms with Crippen molar-refractivity contribution < 1.29 is 13.9 Å². The summed E-state index contributed by atoms with van der Waals surface area (Å²) in [4.78, 5) is 12.7. The van der Waals surface area contributed by atoms with Crippen LogP contribution in [0.15, 0.2) is 24.4 Å². The van der Waals surface area contributed by atoms with E-state index in [1.165, 1.54) is 25.0 Å². The van der Waals surface area contributed by atoms with Crippen LogP contribution in [-0.4, -0.2) is 28.3 Å². The lowest BCUT2D eigenvalue weighted by Crippen LogP contribution is -2.37. The first-order valence-corrected chi connectivity index (χ1v) is 9.30. The molecule has 0 spiro atoms. The molecule has 0 radical (unpaired) electrons. The summed E-state index contributed by atoms with van der Waals surface area (Å²) >= 11 is 6.06. The van der Waals surface area contributed by atoms with Crippen LogP contribution in [0.25, 0.3) is 0 Å². The zero-order valence-electron chi connectivity index (χ0n) is 14.5. The minimum absolute atomic E-state index is 0.111. The van der Waals surface area contributed by atoms with Gasteiger partial charge in [0.25, 0.3) is 5.91 Å². The molecule has 0 bridgehead atoms. The van der Waals surface area contributed by atoms with E-state index >= 15 is 0 Å². The van der Waals surface area contributed by atoms with Crippen molar-refractivity contribution >= 4 is 17.5 Å². The molecule has 2 atom stereocenters. The minimum Gasteiger partial charge on any atom is -0.370 e. The van der Waals surface area contributed by atoms with Gasteiger partial charge in [-0.15, -0.1) is 0 Å². The lowest BCUT2D eigenvalue weighted by atomic mass is 10.1. The number of aryl methyl sites for hydroxylation is 1. The number of nitrogens with one attached hydrogen (secondary N) is 1. The van der Waals surface area contributed by atoms with Gasteiger partial charge in [-0.05, 0) is 55.9 Å². The molecule has 1 aliphatic carbocycles. The molecule has 2 aromatic rings. The van der Waals surface area contributed by atoms with Crippen LogP contribution in [0.2, 0.25) is 5.02 Å². The number of rotatable bonds is 5. The van der Waals surface area contributed by atoms with Crippen LogP contribution in [0.1, 0.15) is 47.0 Å². The Morgan fingerprint density at radius 2 is 2.23 bits per heavy atom. The van der Waals surface area contributed by atoms with E-state index in [2.05, 4.69) is 10.4 Å². The molecular weight excluding hydrogens is 357 g/mol. The van der Waals surface area contributed by atoms with Crippen LogP contribution in [0, 0.1) is 18.7 Å². The molecule has 2 aliphatic rings. The van der Waals surface area contributed by atoms with E-state index in [9.17, 15) is 9.18 Å². The van der Waals surface area contributed by atoms with Gasteiger partial charge in [0.2, 0.25) is 0 Å². The van der Waals surface area contributed by atoms with Gasteiger partial charge in [0.1, 0.15) is 11.9 Å². The first-order valence-electron chi connectivity index (χ1n) is 8.92. The van der Waals surface area contributed by atoms with Crippen molar-refractivity contribution in [1.29, 1.82) is 0 Å². The van der Waals surface area contributed by atoms with Gasteiger partial charge < -0.3 is 10.1 Å². The zero-order chi connectivity index (χ0) is 18.3. The quantitative estimate of drug-likeness (QED) is 0.865. The molecular formula is C19H21ClFN3O2. The summed E-state index contributed by atoms with van der Waals surface area (Å²) < 4.78 is 21.5. The smallest absolute Gasteiger partial charge is 0.253 e. The number of halogens is 2. The molecule has 26 heavy (non-hydrogen) atoms. The van der Waals surface area contributed by atoms with Crippen LogP contribution in [0.5, 0.6) is 0 Å². The average Bonchev–Trinajstić information content (AvgIpc) is 3.10. The van der Waals surface area contributed by atoms with Crippen molar-refractivity contribution in [2.45, 2.75) is 44.9 Å². The number of aromatic nitrogens is 2. The fourth-order valence-electron chi connectivity index (χ4n) is 3.39. The second kappa shape index (κ2) is 7.00. The molecule has 138 valence electrons. The highest BCUT2D eigenvalue weighted by Gasteiger charge is 2.34. The fraction of sp³-hybridized carbons (Fsp3) is 0.474. The van der Waals surface area contributed by atoms with Gasteiger partial charge in [-0.1, -0.05) is 11.6 Å². The van der Waals surface area contributed by atoms with Gasteiger partial charge in [-0.3, -0.25) is 9.48 Å². The van der Waals surface area contributed by atoms with E-state index in [0.717, 1.165) is 12.2 Å². The number of benzene rings is 1. The third-order valence-corrected chi connectivity index (χ3v) is 5.38. The number of hydrogen-bond donors (Lipinski definition) is 1. The molecule has 1 N–H and O–H groups in total. The molecule has 4 rings (SSSR count). The maximum Gasteiger partial charge on any atom is 0.253 e. The predicted molar refractivity (Wildman–Crippen MR) is 95.7 cm³/mol. The Hall–Kier alpha value is -1.92. The van der Waals surface area contributed by atoms with Gasteiger partial charge in [0.15, 0.2) is 0 Å². The van der Waals surface area contributed by atoms with Crippen molar-refractivity contribution in [3.8, 4) is 0 Å². The van der Waals surface area contributed by atoms with Gasteiger partial charge in [-0.25, -0.2) is 4.39 Å². The first-order chi connectivity index (χ1) is 12.5. The monoisotopic (exact) mass is 377 g/mol. The van der Waals surface area contributed by atoms with E-state index in [0.29, 0.717) is 24.5 Å². The number of carbonyl (C=O) groups is 1. The Labute approximate surface area is 156 Å². The molecule has 7 heteroatoms. The van der Waals surface area contributed by atoms with Crippen LogP contribution < -0.4 is 5.32 Å². The van der Waals surface area contributed by atoms with Crippen molar-refractivity contribution in [1.82, 2.24) is 15.1 Å². The molecule has 1 aromatic heterocycles. The van der Waals surface area contributed by atoms with Crippen molar-refractivity contribution in [2.75, 3.05) is 6.61 Å². The summed E-state index contributed by atoms with van der Waals surface area (Å²) in [7, 11) is 0. The van der Waals surface area contributed by atoms with Gasteiger partial charge >= 0.3 is 0 Å². The minimum atomic E-state index is -0.419. The lowest BCUT2D eigenvalue weighted by molar-refractivity contribution is 0.0786. The molecule has 2 fully saturated rings. The Morgan fingerprint density at radius 1 is 1.42 bits per heavy atom. The Kier molecular flexibility index (Phi) is 4.71. The maximum atomic E-state index is 13.6. The van der Waals surface area contributed by atoms with E-state index < -0.39 is 5.82 Å². The molecule has 1 saturated heterocycles. The summed E-state index contributed by atoms with van der Waals surface area (Å²) in [6, 6.07) is 4.44. The maximum absolute atomic E-state index is 13.6. The number of ether oxygens (including phenoxy) is 1. The highest BCUT2D eigenvalue weighted by Crippen LogP contribution is 2.34. The summed E-state index contributed by atoms with van der Waals surface area (Å²) in [5.74, 6) is -0.0337. The SMILES string of the molecule is Cc1cc(C(=O)N[C@@H]2CCO[C@H]2c2ccnn2CC2CC2)c(Cl)cc1F. The van der Waals surface area contributed by atoms with E-state index in [1.807, 2.05) is 10.7 Å². The summed E-state index contributed by atoms with van der Waals surface area (Å²) in [6.45, 7) is 3.08. The normalized spacial score (nSPS) is 22.6. The van der Waals surface area contributed by atoms with Crippen molar-refractivity contribution in [3.63, 3.8) is 0 Å².